The molecule has 1 aromatic rings. The van der Waals surface area contributed by atoms with E-state index in [-0.39, 0.29) is 0 Å². The smallest absolute Gasteiger partial charge is 0.159 e. The lowest BCUT2D eigenvalue weighted by Crippen LogP contribution is -2.25. The number of rotatable bonds is 4. The van der Waals surface area contributed by atoms with E-state index in [4.69, 9.17) is 0 Å². The molecule has 1 N–H and O–H groups in total. The zero-order valence-electron chi connectivity index (χ0n) is 11.5. The van der Waals surface area contributed by atoms with Crippen molar-refractivity contribution in [3.8, 4) is 0 Å². The molecular formula is C16H21F2N. The minimum Gasteiger partial charge on any atom is -0.312 e. The van der Waals surface area contributed by atoms with Crippen molar-refractivity contribution in [3.63, 3.8) is 0 Å². The molecule has 1 aromatic carbocycles. The van der Waals surface area contributed by atoms with Crippen LogP contribution >= 0.6 is 0 Å². The maximum Gasteiger partial charge on any atom is 0.159 e. The number of nitrogens with one attached hydrogen (secondary N) is 1. The van der Waals surface area contributed by atoms with E-state index < -0.39 is 11.6 Å². The summed E-state index contributed by atoms with van der Waals surface area (Å²) in [5, 5.41) is 3.34. The third-order valence-electron chi connectivity index (χ3n) is 3.63. The third kappa shape index (κ3) is 4.13. The van der Waals surface area contributed by atoms with E-state index in [2.05, 4.69) is 25.2 Å². The number of allylic oxidation sites excluding steroid dienone is 2. The molecule has 0 spiro atoms. The Kier molecular flexibility index (Phi) is 4.70. The van der Waals surface area contributed by atoms with Crippen LogP contribution in [-0.4, -0.2) is 6.54 Å². The first-order valence-electron chi connectivity index (χ1n) is 6.86. The fourth-order valence-electron chi connectivity index (χ4n) is 2.91. The summed E-state index contributed by atoms with van der Waals surface area (Å²) in [6.07, 6.45) is 4.67. The van der Waals surface area contributed by atoms with Crippen LogP contribution in [0.4, 0.5) is 8.78 Å². The van der Waals surface area contributed by atoms with Crippen molar-refractivity contribution in [3.05, 3.63) is 47.0 Å². The number of halogens is 2. The van der Waals surface area contributed by atoms with E-state index in [9.17, 15) is 8.78 Å². The molecule has 0 amide bonds. The summed E-state index contributed by atoms with van der Waals surface area (Å²) in [6.45, 7) is 5.93. The summed E-state index contributed by atoms with van der Waals surface area (Å²) in [6, 6.07) is 4.07. The first kappa shape index (κ1) is 14.2. The van der Waals surface area contributed by atoms with Crippen LogP contribution in [0.25, 0.3) is 0 Å². The van der Waals surface area contributed by atoms with Crippen molar-refractivity contribution in [2.75, 3.05) is 6.54 Å². The zero-order valence-corrected chi connectivity index (χ0v) is 11.5. The van der Waals surface area contributed by atoms with Gasteiger partial charge in [-0.25, -0.2) is 8.78 Å². The van der Waals surface area contributed by atoms with Gasteiger partial charge in [-0.1, -0.05) is 24.6 Å². The lowest BCUT2D eigenvalue weighted by molar-refractivity contribution is 0.381. The monoisotopic (exact) mass is 265 g/mol. The normalized spacial score (nSPS) is 23.3. The summed E-state index contributed by atoms with van der Waals surface area (Å²) in [4.78, 5) is 0. The van der Waals surface area contributed by atoms with Gasteiger partial charge in [0.25, 0.3) is 0 Å². The third-order valence-corrected chi connectivity index (χ3v) is 3.63. The van der Waals surface area contributed by atoms with Gasteiger partial charge in [0.15, 0.2) is 11.6 Å². The molecule has 2 atom stereocenters. The molecule has 1 nitrogen and oxygen atoms in total. The van der Waals surface area contributed by atoms with E-state index in [1.165, 1.54) is 24.1 Å². The lowest BCUT2D eigenvalue weighted by Gasteiger charge is -2.25. The van der Waals surface area contributed by atoms with Gasteiger partial charge < -0.3 is 5.32 Å². The van der Waals surface area contributed by atoms with Gasteiger partial charge in [0, 0.05) is 6.54 Å². The second-order valence-corrected chi connectivity index (χ2v) is 5.68. The summed E-state index contributed by atoms with van der Waals surface area (Å²) in [7, 11) is 0. The molecule has 2 unspecified atom stereocenters. The average molecular weight is 265 g/mol. The highest BCUT2D eigenvalue weighted by atomic mass is 19.2. The number of benzene rings is 1. The van der Waals surface area contributed by atoms with Crippen LogP contribution in [-0.2, 0) is 6.54 Å². The topological polar surface area (TPSA) is 12.0 Å². The predicted molar refractivity (Wildman–Crippen MR) is 73.7 cm³/mol. The Morgan fingerprint density at radius 2 is 2.05 bits per heavy atom. The zero-order chi connectivity index (χ0) is 13.8. The van der Waals surface area contributed by atoms with Crippen molar-refractivity contribution in [1.82, 2.24) is 5.32 Å². The Morgan fingerprint density at radius 1 is 1.26 bits per heavy atom. The molecule has 104 valence electrons. The molecule has 3 heteroatoms. The molecule has 0 heterocycles. The van der Waals surface area contributed by atoms with Crippen LogP contribution in [0.15, 0.2) is 29.8 Å². The molecule has 1 aliphatic carbocycles. The highest BCUT2D eigenvalue weighted by molar-refractivity contribution is 5.17. The SMILES string of the molecule is CC1=CC(C)CC(CNCc2ccc(F)c(F)c2)C1. The first-order valence-corrected chi connectivity index (χ1v) is 6.86. The molecule has 0 aliphatic heterocycles. The van der Waals surface area contributed by atoms with Gasteiger partial charge in [-0.15, -0.1) is 0 Å². The van der Waals surface area contributed by atoms with Crippen LogP contribution in [0.2, 0.25) is 0 Å². The summed E-state index contributed by atoms with van der Waals surface area (Å²) < 4.78 is 25.8. The van der Waals surface area contributed by atoms with Crippen molar-refractivity contribution in [1.29, 1.82) is 0 Å². The largest absolute Gasteiger partial charge is 0.312 e. The van der Waals surface area contributed by atoms with E-state index in [1.54, 1.807) is 6.07 Å². The second kappa shape index (κ2) is 6.29. The van der Waals surface area contributed by atoms with Crippen molar-refractivity contribution in [2.45, 2.75) is 33.2 Å². The van der Waals surface area contributed by atoms with E-state index in [1.807, 2.05) is 0 Å². The van der Waals surface area contributed by atoms with Gasteiger partial charge in [0.1, 0.15) is 0 Å². The Morgan fingerprint density at radius 3 is 2.74 bits per heavy atom. The molecule has 0 saturated carbocycles. The molecule has 0 bridgehead atoms. The first-order chi connectivity index (χ1) is 9.04. The van der Waals surface area contributed by atoms with E-state index in [0.717, 1.165) is 18.5 Å². The van der Waals surface area contributed by atoms with Gasteiger partial charge >= 0.3 is 0 Å². The Labute approximate surface area is 113 Å². The van der Waals surface area contributed by atoms with Crippen LogP contribution in [0, 0.1) is 23.5 Å². The summed E-state index contributed by atoms with van der Waals surface area (Å²) in [5.74, 6) is -0.274. The molecule has 0 radical (unpaired) electrons. The molecule has 0 aromatic heterocycles. The van der Waals surface area contributed by atoms with Gasteiger partial charge in [-0.3, -0.25) is 0 Å². The van der Waals surface area contributed by atoms with Gasteiger partial charge in [0.05, 0.1) is 0 Å². The summed E-state index contributed by atoms with van der Waals surface area (Å²) >= 11 is 0. The lowest BCUT2D eigenvalue weighted by atomic mass is 9.84. The Bertz CT molecular complexity index is 468. The van der Waals surface area contributed by atoms with E-state index in [0.29, 0.717) is 18.4 Å². The van der Waals surface area contributed by atoms with Crippen molar-refractivity contribution >= 4 is 0 Å². The molecule has 19 heavy (non-hydrogen) atoms. The maximum absolute atomic E-state index is 13.1. The number of hydrogen-bond donors (Lipinski definition) is 1. The maximum atomic E-state index is 13.1. The van der Waals surface area contributed by atoms with Gasteiger partial charge in [0.2, 0.25) is 0 Å². The fraction of sp³-hybridized carbons (Fsp3) is 0.500. The quantitative estimate of drug-likeness (QED) is 0.810. The summed E-state index contributed by atoms with van der Waals surface area (Å²) in [5.41, 5.74) is 2.24. The fourth-order valence-corrected chi connectivity index (χ4v) is 2.91. The molecule has 1 aliphatic rings. The van der Waals surface area contributed by atoms with Gasteiger partial charge in [-0.2, -0.15) is 0 Å². The molecule has 0 saturated heterocycles. The van der Waals surface area contributed by atoms with Gasteiger partial charge in [-0.05, 0) is 55.8 Å². The van der Waals surface area contributed by atoms with Crippen LogP contribution in [0.5, 0.6) is 0 Å². The minimum absolute atomic E-state index is 0.588. The molecule has 2 rings (SSSR count). The van der Waals surface area contributed by atoms with Crippen molar-refractivity contribution < 1.29 is 8.78 Å². The average Bonchev–Trinajstić information content (AvgIpc) is 2.32. The highest BCUT2D eigenvalue weighted by Crippen LogP contribution is 2.27. The van der Waals surface area contributed by atoms with E-state index >= 15 is 0 Å². The second-order valence-electron chi connectivity index (χ2n) is 5.68. The van der Waals surface area contributed by atoms with Crippen LogP contribution < -0.4 is 5.32 Å². The highest BCUT2D eigenvalue weighted by Gasteiger charge is 2.17. The van der Waals surface area contributed by atoms with Crippen LogP contribution in [0.3, 0.4) is 0 Å². The Hall–Kier alpha value is -1.22. The minimum atomic E-state index is -0.786. The predicted octanol–water partition coefficient (Wildman–Crippen LogP) is 4.05. The van der Waals surface area contributed by atoms with Crippen LogP contribution in [0.1, 0.15) is 32.3 Å². The molecular weight excluding hydrogens is 244 g/mol. The number of hydrogen-bond acceptors (Lipinski definition) is 1. The standard InChI is InChI=1S/C16H21F2N/c1-11-5-12(2)7-14(6-11)10-19-9-13-3-4-15(17)16(18)8-13/h3-5,8,11,14,19H,6-7,9-10H2,1-2H3. The molecule has 0 fully saturated rings. The van der Waals surface area contributed by atoms with Crippen molar-refractivity contribution in [2.24, 2.45) is 11.8 Å². The Balaban J connectivity index is 1.80.